The zero-order chi connectivity index (χ0) is 9.05. The summed E-state index contributed by atoms with van der Waals surface area (Å²) in [5.41, 5.74) is 8.99. The van der Waals surface area contributed by atoms with Gasteiger partial charge in [0.1, 0.15) is 0 Å². The van der Waals surface area contributed by atoms with Crippen molar-refractivity contribution in [3.63, 3.8) is 0 Å². The second-order valence-corrected chi connectivity index (χ2v) is 4.71. The molecule has 3 rings (SSSR count). The summed E-state index contributed by atoms with van der Waals surface area (Å²) in [6.07, 6.45) is 3.47. The van der Waals surface area contributed by atoms with Crippen LogP contribution in [0, 0.1) is 0 Å². The molecule has 13 heavy (non-hydrogen) atoms. The molecule has 1 fully saturated rings. The second-order valence-electron chi connectivity index (χ2n) is 4.30. The topological polar surface area (TPSA) is 26.0 Å². The molecule has 2 aliphatic carbocycles. The zero-order valence-corrected chi connectivity index (χ0v) is 8.14. The van der Waals surface area contributed by atoms with Gasteiger partial charge in [-0.1, -0.05) is 23.7 Å². The van der Waals surface area contributed by atoms with E-state index in [-0.39, 0.29) is 5.54 Å². The van der Waals surface area contributed by atoms with Crippen LogP contribution < -0.4 is 5.73 Å². The highest BCUT2D eigenvalue weighted by Gasteiger charge is 2.50. The van der Waals surface area contributed by atoms with E-state index in [0.29, 0.717) is 5.92 Å². The van der Waals surface area contributed by atoms with Crippen LogP contribution in [0.5, 0.6) is 0 Å². The van der Waals surface area contributed by atoms with Gasteiger partial charge in [-0.05, 0) is 36.5 Å². The van der Waals surface area contributed by atoms with Gasteiger partial charge in [-0.3, -0.25) is 0 Å². The van der Waals surface area contributed by atoms with Crippen LogP contribution in [-0.2, 0) is 6.42 Å². The fourth-order valence-electron chi connectivity index (χ4n) is 2.32. The molecule has 1 aromatic rings. The molecule has 1 saturated carbocycles. The molecule has 2 N–H and O–H groups in total. The molecule has 0 bridgehead atoms. The fraction of sp³-hybridized carbons (Fsp3) is 0.455. The lowest BCUT2D eigenvalue weighted by molar-refractivity contribution is 0.469. The van der Waals surface area contributed by atoms with Crippen molar-refractivity contribution >= 4 is 11.6 Å². The largest absolute Gasteiger partial charge is 0.325 e. The summed E-state index contributed by atoms with van der Waals surface area (Å²) in [5, 5.41) is 0.908. The number of hydrogen-bond donors (Lipinski definition) is 1. The average molecular weight is 194 g/mol. The summed E-state index contributed by atoms with van der Waals surface area (Å²) in [6, 6.07) is 6.15. The lowest BCUT2D eigenvalue weighted by Crippen LogP contribution is -2.37. The fourth-order valence-corrected chi connectivity index (χ4v) is 2.65. The summed E-state index contributed by atoms with van der Waals surface area (Å²) in [4.78, 5) is 0. The monoisotopic (exact) mass is 193 g/mol. The molecule has 1 aromatic carbocycles. The summed E-state index contributed by atoms with van der Waals surface area (Å²) in [6.45, 7) is 0. The van der Waals surface area contributed by atoms with E-state index in [1.54, 1.807) is 0 Å². The Morgan fingerprint density at radius 2 is 2.15 bits per heavy atom. The summed E-state index contributed by atoms with van der Waals surface area (Å²) < 4.78 is 0. The van der Waals surface area contributed by atoms with Crippen LogP contribution in [0.1, 0.15) is 29.9 Å². The Bertz CT molecular complexity index is 354. The molecule has 1 atom stereocenters. The van der Waals surface area contributed by atoms with Crippen molar-refractivity contribution in [2.45, 2.75) is 30.7 Å². The number of fused-ring (bicyclic) bond motifs is 1. The first-order valence-corrected chi connectivity index (χ1v) is 5.15. The molecule has 1 unspecified atom stereocenters. The molecule has 0 aliphatic heterocycles. The molecule has 2 heteroatoms. The van der Waals surface area contributed by atoms with Crippen LogP contribution in [-0.4, -0.2) is 5.54 Å². The Morgan fingerprint density at radius 1 is 1.38 bits per heavy atom. The third-order valence-electron chi connectivity index (χ3n) is 3.44. The lowest BCUT2D eigenvalue weighted by atomic mass is 9.72. The Labute approximate surface area is 82.9 Å². The van der Waals surface area contributed by atoms with Crippen LogP contribution in [0.2, 0.25) is 5.02 Å². The third-order valence-corrected chi connectivity index (χ3v) is 3.77. The Hall–Kier alpha value is -0.530. The van der Waals surface area contributed by atoms with Crippen molar-refractivity contribution in [1.82, 2.24) is 0 Å². The molecule has 0 spiro atoms. The summed E-state index contributed by atoms with van der Waals surface area (Å²) >= 11 is 6.14. The Kier molecular flexibility index (Phi) is 1.38. The van der Waals surface area contributed by atoms with Gasteiger partial charge in [0.25, 0.3) is 0 Å². The minimum absolute atomic E-state index is 0.0952. The first kappa shape index (κ1) is 7.84. The Balaban J connectivity index is 2.04. The molecular formula is C11H12ClN. The zero-order valence-electron chi connectivity index (χ0n) is 7.39. The van der Waals surface area contributed by atoms with Crippen LogP contribution in [0.25, 0.3) is 0 Å². The Morgan fingerprint density at radius 3 is 2.77 bits per heavy atom. The van der Waals surface area contributed by atoms with Gasteiger partial charge in [-0.15, -0.1) is 0 Å². The van der Waals surface area contributed by atoms with Gasteiger partial charge in [0.05, 0.1) is 0 Å². The van der Waals surface area contributed by atoms with Crippen LogP contribution in [0.4, 0.5) is 0 Å². The van der Waals surface area contributed by atoms with Crippen LogP contribution in [0.15, 0.2) is 18.2 Å². The first-order valence-electron chi connectivity index (χ1n) is 4.77. The smallest absolute Gasteiger partial charge is 0.0444 e. The van der Waals surface area contributed by atoms with Crippen molar-refractivity contribution in [2.24, 2.45) is 5.73 Å². The average Bonchev–Trinajstić information content (AvgIpc) is 2.73. The normalized spacial score (nSPS) is 27.7. The number of rotatable bonds is 1. The molecular weight excluding hydrogens is 182 g/mol. The molecule has 0 saturated heterocycles. The van der Waals surface area contributed by atoms with E-state index in [0.717, 1.165) is 11.4 Å². The van der Waals surface area contributed by atoms with Gasteiger partial charge in [0, 0.05) is 16.5 Å². The number of benzene rings is 1. The van der Waals surface area contributed by atoms with Crippen molar-refractivity contribution in [1.29, 1.82) is 0 Å². The quantitative estimate of drug-likeness (QED) is 0.729. The van der Waals surface area contributed by atoms with Crippen molar-refractivity contribution in [3.05, 3.63) is 34.3 Å². The van der Waals surface area contributed by atoms with Gasteiger partial charge >= 0.3 is 0 Å². The highest BCUT2D eigenvalue weighted by Crippen LogP contribution is 2.54. The van der Waals surface area contributed by atoms with Gasteiger partial charge in [-0.25, -0.2) is 0 Å². The standard InChI is InChI=1S/C11H12ClN/c12-9-3-1-2-7-6-8(10(7)9)11(13)4-5-11/h1-3,8H,4-6,13H2. The van der Waals surface area contributed by atoms with Gasteiger partial charge in [-0.2, -0.15) is 0 Å². The molecule has 0 aromatic heterocycles. The van der Waals surface area contributed by atoms with E-state index in [9.17, 15) is 0 Å². The van der Waals surface area contributed by atoms with E-state index in [2.05, 4.69) is 6.07 Å². The van der Waals surface area contributed by atoms with Gasteiger partial charge in [0.15, 0.2) is 0 Å². The van der Waals surface area contributed by atoms with Crippen molar-refractivity contribution in [3.8, 4) is 0 Å². The minimum Gasteiger partial charge on any atom is -0.325 e. The number of nitrogens with two attached hydrogens (primary N) is 1. The molecule has 2 aliphatic rings. The van der Waals surface area contributed by atoms with Crippen LogP contribution >= 0.6 is 11.6 Å². The minimum atomic E-state index is 0.0952. The SMILES string of the molecule is NC1(C2Cc3cccc(Cl)c32)CC1. The molecule has 0 amide bonds. The van der Waals surface area contributed by atoms with E-state index < -0.39 is 0 Å². The van der Waals surface area contributed by atoms with Crippen LogP contribution in [0.3, 0.4) is 0 Å². The summed E-state index contributed by atoms with van der Waals surface area (Å²) in [7, 11) is 0. The molecule has 0 radical (unpaired) electrons. The molecule has 0 heterocycles. The van der Waals surface area contributed by atoms with Crippen molar-refractivity contribution < 1.29 is 0 Å². The highest BCUT2D eigenvalue weighted by atomic mass is 35.5. The van der Waals surface area contributed by atoms with Crippen molar-refractivity contribution in [2.75, 3.05) is 0 Å². The van der Waals surface area contributed by atoms with Gasteiger partial charge < -0.3 is 5.73 Å². The number of hydrogen-bond acceptors (Lipinski definition) is 1. The predicted octanol–water partition coefficient (Wildman–Crippen LogP) is 2.47. The maximum absolute atomic E-state index is 6.18. The maximum Gasteiger partial charge on any atom is 0.0444 e. The molecule has 1 nitrogen and oxygen atoms in total. The number of halogens is 1. The predicted molar refractivity (Wildman–Crippen MR) is 54.0 cm³/mol. The first-order chi connectivity index (χ1) is 6.21. The highest BCUT2D eigenvalue weighted by molar-refractivity contribution is 6.31. The van der Waals surface area contributed by atoms with E-state index in [4.69, 9.17) is 17.3 Å². The summed E-state index contributed by atoms with van der Waals surface area (Å²) in [5.74, 6) is 0.538. The second kappa shape index (κ2) is 2.28. The lowest BCUT2D eigenvalue weighted by Gasteiger charge is -2.35. The maximum atomic E-state index is 6.18. The van der Waals surface area contributed by atoms with Gasteiger partial charge in [0.2, 0.25) is 0 Å². The molecule has 68 valence electrons. The third kappa shape index (κ3) is 0.976. The van der Waals surface area contributed by atoms with E-state index in [1.165, 1.54) is 24.0 Å². The van der Waals surface area contributed by atoms with E-state index >= 15 is 0 Å². The van der Waals surface area contributed by atoms with E-state index in [1.807, 2.05) is 12.1 Å².